The SMILES string of the molecule is CCOc1ccc(NC2=C(c3ccc(Cl)cc3)C(=O)N(c3ccccc3)C2=O)cc1. The highest BCUT2D eigenvalue weighted by molar-refractivity contribution is 6.46. The van der Waals surface area contributed by atoms with Crippen molar-refractivity contribution in [2.45, 2.75) is 6.92 Å². The van der Waals surface area contributed by atoms with E-state index < -0.39 is 5.91 Å². The molecule has 3 aromatic rings. The third kappa shape index (κ3) is 3.80. The number of ether oxygens (including phenoxy) is 1. The minimum Gasteiger partial charge on any atom is -0.494 e. The van der Waals surface area contributed by atoms with Crippen LogP contribution in [-0.2, 0) is 9.59 Å². The van der Waals surface area contributed by atoms with Gasteiger partial charge in [0.05, 0.1) is 17.9 Å². The normalized spacial score (nSPS) is 13.7. The van der Waals surface area contributed by atoms with Crippen molar-refractivity contribution in [2.24, 2.45) is 0 Å². The summed E-state index contributed by atoms with van der Waals surface area (Å²) in [6.45, 7) is 2.48. The van der Waals surface area contributed by atoms with E-state index in [0.29, 0.717) is 34.1 Å². The van der Waals surface area contributed by atoms with Gasteiger partial charge in [-0.2, -0.15) is 0 Å². The lowest BCUT2D eigenvalue weighted by Gasteiger charge is -2.15. The molecule has 30 heavy (non-hydrogen) atoms. The van der Waals surface area contributed by atoms with Gasteiger partial charge >= 0.3 is 0 Å². The van der Waals surface area contributed by atoms with Crippen LogP contribution in [0.15, 0.2) is 84.6 Å². The molecule has 0 spiro atoms. The van der Waals surface area contributed by atoms with Crippen molar-refractivity contribution in [2.75, 3.05) is 16.8 Å². The van der Waals surface area contributed by atoms with Crippen LogP contribution < -0.4 is 15.0 Å². The molecule has 4 rings (SSSR count). The number of carbonyl (C=O) groups excluding carboxylic acids is 2. The first-order valence-corrected chi connectivity index (χ1v) is 9.90. The van der Waals surface area contributed by atoms with Crippen molar-refractivity contribution >= 4 is 40.4 Å². The zero-order valence-electron chi connectivity index (χ0n) is 16.3. The molecule has 150 valence electrons. The Labute approximate surface area is 179 Å². The number of anilines is 2. The quantitative estimate of drug-likeness (QED) is 0.563. The third-order valence-corrected chi connectivity index (χ3v) is 4.92. The molecule has 0 saturated carbocycles. The van der Waals surface area contributed by atoms with Crippen LogP contribution in [0, 0.1) is 0 Å². The third-order valence-electron chi connectivity index (χ3n) is 4.67. The highest BCUT2D eigenvalue weighted by atomic mass is 35.5. The Bertz CT molecular complexity index is 1110. The summed E-state index contributed by atoms with van der Waals surface area (Å²) in [4.78, 5) is 27.8. The second kappa shape index (κ2) is 8.43. The molecule has 3 aromatic carbocycles. The minimum atomic E-state index is -0.412. The number of imide groups is 1. The van der Waals surface area contributed by atoms with Crippen LogP contribution in [-0.4, -0.2) is 18.4 Å². The molecule has 1 heterocycles. The summed E-state index contributed by atoms with van der Waals surface area (Å²) >= 11 is 6.01. The van der Waals surface area contributed by atoms with Gasteiger partial charge in [-0.05, 0) is 61.0 Å². The summed E-state index contributed by atoms with van der Waals surface area (Å²) in [5.41, 5.74) is 2.33. The van der Waals surface area contributed by atoms with Crippen molar-refractivity contribution in [3.8, 4) is 5.75 Å². The van der Waals surface area contributed by atoms with Gasteiger partial charge in [0.2, 0.25) is 0 Å². The largest absolute Gasteiger partial charge is 0.494 e. The summed E-state index contributed by atoms with van der Waals surface area (Å²) in [6.07, 6.45) is 0. The number of rotatable bonds is 6. The van der Waals surface area contributed by atoms with Gasteiger partial charge in [0.1, 0.15) is 11.4 Å². The number of nitrogens with zero attached hydrogens (tertiary/aromatic N) is 1. The van der Waals surface area contributed by atoms with Crippen LogP contribution in [0.25, 0.3) is 5.57 Å². The molecule has 0 fully saturated rings. The minimum absolute atomic E-state index is 0.218. The Kier molecular flexibility index (Phi) is 5.55. The smallest absolute Gasteiger partial charge is 0.282 e. The molecule has 1 aliphatic rings. The topological polar surface area (TPSA) is 58.6 Å². The zero-order chi connectivity index (χ0) is 21.1. The van der Waals surface area contributed by atoms with E-state index in [9.17, 15) is 9.59 Å². The molecule has 2 amide bonds. The van der Waals surface area contributed by atoms with Crippen LogP contribution in [0.1, 0.15) is 12.5 Å². The van der Waals surface area contributed by atoms with E-state index in [0.717, 1.165) is 5.75 Å². The van der Waals surface area contributed by atoms with Gasteiger partial charge in [-0.1, -0.05) is 41.9 Å². The summed E-state index contributed by atoms with van der Waals surface area (Å²) < 4.78 is 5.46. The van der Waals surface area contributed by atoms with Gasteiger partial charge in [0, 0.05) is 10.7 Å². The van der Waals surface area contributed by atoms with Gasteiger partial charge in [-0.25, -0.2) is 4.90 Å². The number of benzene rings is 3. The molecule has 1 aliphatic heterocycles. The lowest BCUT2D eigenvalue weighted by atomic mass is 10.0. The molecule has 0 radical (unpaired) electrons. The van der Waals surface area contributed by atoms with E-state index in [1.165, 1.54) is 4.90 Å². The van der Waals surface area contributed by atoms with E-state index >= 15 is 0 Å². The fourth-order valence-electron chi connectivity index (χ4n) is 3.29. The summed E-state index contributed by atoms with van der Waals surface area (Å²) in [7, 11) is 0. The van der Waals surface area contributed by atoms with E-state index in [4.69, 9.17) is 16.3 Å². The predicted octanol–water partition coefficient (Wildman–Crippen LogP) is 5.14. The van der Waals surface area contributed by atoms with Crippen LogP contribution in [0.3, 0.4) is 0 Å². The van der Waals surface area contributed by atoms with Crippen molar-refractivity contribution in [3.63, 3.8) is 0 Å². The maximum Gasteiger partial charge on any atom is 0.282 e. The Balaban J connectivity index is 1.75. The van der Waals surface area contributed by atoms with Crippen molar-refractivity contribution in [1.29, 1.82) is 0 Å². The highest BCUT2D eigenvalue weighted by Gasteiger charge is 2.40. The average Bonchev–Trinajstić information content (AvgIpc) is 3.00. The number of hydrogen-bond donors (Lipinski definition) is 1. The van der Waals surface area contributed by atoms with Crippen LogP contribution in [0.5, 0.6) is 5.75 Å². The number of halogens is 1. The lowest BCUT2D eigenvalue weighted by Crippen LogP contribution is -2.32. The van der Waals surface area contributed by atoms with Gasteiger partial charge in [-0.3, -0.25) is 9.59 Å². The second-order valence-electron chi connectivity index (χ2n) is 6.62. The highest BCUT2D eigenvalue weighted by Crippen LogP contribution is 2.34. The first-order chi connectivity index (χ1) is 14.6. The van der Waals surface area contributed by atoms with Gasteiger partial charge in [0.15, 0.2) is 0 Å². The molecular formula is C24H19ClN2O3. The van der Waals surface area contributed by atoms with Gasteiger partial charge in [-0.15, -0.1) is 0 Å². The summed E-state index contributed by atoms with van der Waals surface area (Å²) in [5, 5.41) is 3.69. The Morgan fingerprint density at radius 1 is 0.867 bits per heavy atom. The predicted molar refractivity (Wildman–Crippen MR) is 119 cm³/mol. The lowest BCUT2D eigenvalue weighted by molar-refractivity contribution is -0.120. The maximum atomic E-state index is 13.3. The number of amides is 2. The van der Waals surface area contributed by atoms with E-state index in [1.54, 1.807) is 60.7 Å². The first kappa shape index (κ1) is 19.7. The van der Waals surface area contributed by atoms with Crippen LogP contribution >= 0.6 is 11.6 Å². The fourth-order valence-corrected chi connectivity index (χ4v) is 3.41. The molecule has 0 atom stereocenters. The average molecular weight is 419 g/mol. The summed E-state index contributed by atoms with van der Waals surface area (Å²) in [6, 6.07) is 23.0. The summed E-state index contributed by atoms with van der Waals surface area (Å²) in [5.74, 6) is -0.0679. The molecule has 0 aliphatic carbocycles. The Morgan fingerprint density at radius 2 is 1.53 bits per heavy atom. The first-order valence-electron chi connectivity index (χ1n) is 9.52. The molecular weight excluding hydrogens is 400 g/mol. The Hall–Kier alpha value is -3.57. The second-order valence-corrected chi connectivity index (χ2v) is 7.06. The standard InChI is InChI=1S/C24H19ClN2O3/c1-2-30-20-14-12-18(13-15-20)26-22-21(16-8-10-17(25)11-9-16)23(28)27(24(22)29)19-6-4-3-5-7-19/h3-15,26H,2H2,1H3. The fraction of sp³-hybridized carbons (Fsp3) is 0.0833. The molecule has 1 N–H and O–H groups in total. The molecule has 6 heteroatoms. The molecule has 0 aromatic heterocycles. The molecule has 5 nitrogen and oxygen atoms in total. The van der Waals surface area contributed by atoms with Crippen LogP contribution in [0.4, 0.5) is 11.4 Å². The van der Waals surface area contributed by atoms with Gasteiger partial charge in [0.25, 0.3) is 11.8 Å². The van der Waals surface area contributed by atoms with E-state index in [-0.39, 0.29) is 11.6 Å². The van der Waals surface area contributed by atoms with Crippen molar-refractivity contribution in [1.82, 2.24) is 0 Å². The molecule has 0 bridgehead atoms. The molecule has 0 saturated heterocycles. The van der Waals surface area contributed by atoms with Crippen LogP contribution in [0.2, 0.25) is 5.02 Å². The maximum absolute atomic E-state index is 13.3. The zero-order valence-corrected chi connectivity index (χ0v) is 17.0. The monoisotopic (exact) mass is 418 g/mol. The van der Waals surface area contributed by atoms with E-state index in [1.807, 2.05) is 25.1 Å². The van der Waals surface area contributed by atoms with Crippen molar-refractivity contribution < 1.29 is 14.3 Å². The van der Waals surface area contributed by atoms with Gasteiger partial charge < -0.3 is 10.1 Å². The number of carbonyl (C=O) groups is 2. The van der Waals surface area contributed by atoms with E-state index in [2.05, 4.69) is 5.32 Å². The number of hydrogen-bond acceptors (Lipinski definition) is 4. The van der Waals surface area contributed by atoms with Crippen molar-refractivity contribution in [3.05, 3.63) is 95.1 Å². The molecule has 0 unspecified atom stereocenters. The number of nitrogens with one attached hydrogen (secondary N) is 1. The number of para-hydroxylation sites is 1. The Morgan fingerprint density at radius 3 is 2.17 bits per heavy atom.